The number of nitrogens with zero attached hydrogens (tertiary/aromatic N) is 1. The van der Waals surface area contributed by atoms with Crippen molar-refractivity contribution in [2.45, 2.75) is 71.4 Å². The highest BCUT2D eigenvalue weighted by atomic mass is 16.7. The van der Waals surface area contributed by atoms with E-state index in [1.54, 1.807) is 6.26 Å². The molecule has 1 aromatic heterocycles. The minimum atomic E-state index is 0.169. The lowest BCUT2D eigenvalue weighted by Gasteiger charge is -2.22. The number of fused-ring (bicyclic) bond motifs is 1. The Morgan fingerprint density at radius 1 is 0.964 bits per heavy atom. The zero-order valence-corrected chi connectivity index (χ0v) is 16.8. The first-order valence-corrected chi connectivity index (χ1v) is 10.4. The van der Waals surface area contributed by atoms with Gasteiger partial charge in [-0.25, -0.2) is 0 Å². The van der Waals surface area contributed by atoms with Crippen LogP contribution < -0.4 is 9.47 Å². The Labute approximate surface area is 167 Å². The van der Waals surface area contributed by atoms with Gasteiger partial charge in [-0.15, -0.1) is 0 Å². The first-order chi connectivity index (χ1) is 13.8. The number of ether oxygens (including phenoxy) is 2. The summed E-state index contributed by atoms with van der Waals surface area (Å²) < 4.78 is 16.3. The van der Waals surface area contributed by atoms with Crippen molar-refractivity contribution < 1.29 is 18.7 Å². The van der Waals surface area contributed by atoms with Crippen LogP contribution in [-0.4, -0.2) is 17.6 Å². The van der Waals surface area contributed by atoms with Gasteiger partial charge in [0.2, 0.25) is 12.7 Å². The van der Waals surface area contributed by atoms with Gasteiger partial charge in [0, 0.05) is 13.0 Å². The van der Waals surface area contributed by atoms with E-state index in [9.17, 15) is 4.79 Å². The lowest BCUT2D eigenvalue weighted by Crippen LogP contribution is -2.29. The van der Waals surface area contributed by atoms with Gasteiger partial charge >= 0.3 is 0 Å². The summed E-state index contributed by atoms with van der Waals surface area (Å²) >= 11 is 0. The third-order valence-corrected chi connectivity index (χ3v) is 5.08. The van der Waals surface area contributed by atoms with Crippen molar-refractivity contribution >= 4 is 5.91 Å². The standard InChI is InChI=1S/C23H31NO4/c1-2-3-4-5-6-7-8-11-23(25)24(17-20-10-9-14-26-20)16-19-12-13-21-22(15-19)28-18-27-21/h9-10,12-15H,2-8,11,16-18H2,1H3. The summed E-state index contributed by atoms with van der Waals surface area (Å²) in [7, 11) is 0. The molecule has 0 atom stereocenters. The minimum absolute atomic E-state index is 0.169. The number of benzene rings is 1. The summed E-state index contributed by atoms with van der Waals surface area (Å²) in [6.45, 7) is 3.50. The quantitative estimate of drug-likeness (QED) is 0.441. The predicted octanol–water partition coefficient (Wildman–Crippen LogP) is 5.68. The fourth-order valence-corrected chi connectivity index (χ4v) is 3.47. The molecule has 0 saturated carbocycles. The van der Waals surface area contributed by atoms with Crippen LogP contribution in [0.5, 0.6) is 11.5 Å². The van der Waals surface area contributed by atoms with Crippen molar-refractivity contribution in [3.05, 3.63) is 47.9 Å². The van der Waals surface area contributed by atoms with Gasteiger partial charge in [-0.05, 0) is 36.2 Å². The van der Waals surface area contributed by atoms with E-state index in [0.717, 1.165) is 35.7 Å². The maximum absolute atomic E-state index is 12.9. The maximum Gasteiger partial charge on any atom is 0.231 e. The molecule has 0 N–H and O–H groups in total. The fourth-order valence-electron chi connectivity index (χ4n) is 3.47. The lowest BCUT2D eigenvalue weighted by atomic mass is 10.1. The average Bonchev–Trinajstić information content (AvgIpc) is 3.38. The maximum atomic E-state index is 12.9. The van der Waals surface area contributed by atoms with Gasteiger partial charge in [-0.1, -0.05) is 51.5 Å². The lowest BCUT2D eigenvalue weighted by molar-refractivity contribution is -0.132. The first-order valence-electron chi connectivity index (χ1n) is 10.4. The van der Waals surface area contributed by atoms with Gasteiger partial charge < -0.3 is 18.8 Å². The molecule has 152 valence electrons. The van der Waals surface area contributed by atoms with E-state index in [1.807, 2.05) is 35.2 Å². The van der Waals surface area contributed by atoms with Crippen molar-refractivity contribution in [2.75, 3.05) is 6.79 Å². The van der Waals surface area contributed by atoms with E-state index < -0.39 is 0 Å². The molecule has 0 bridgehead atoms. The topological polar surface area (TPSA) is 51.9 Å². The van der Waals surface area contributed by atoms with E-state index in [0.29, 0.717) is 19.5 Å². The van der Waals surface area contributed by atoms with Crippen molar-refractivity contribution in [3.63, 3.8) is 0 Å². The first kappa shape index (κ1) is 20.3. The van der Waals surface area contributed by atoms with Gasteiger partial charge in [-0.3, -0.25) is 4.79 Å². The number of carbonyl (C=O) groups excluding carboxylic acids is 1. The van der Waals surface area contributed by atoms with Gasteiger partial charge in [-0.2, -0.15) is 0 Å². The van der Waals surface area contributed by atoms with Crippen LogP contribution in [0, 0.1) is 0 Å². The second kappa shape index (κ2) is 10.8. The van der Waals surface area contributed by atoms with E-state index in [4.69, 9.17) is 13.9 Å². The number of carbonyl (C=O) groups is 1. The molecule has 5 heteroatoms. The SMILES string of the molecule is CCCCCCCCCC(=O)N(Cc1ccc2c(c1)OCO2)Cc1ccco1. The van der Waals surface area contributed by atoms with E-state index in [-0.39, 0.29) is 12.7 Å². The van der Waals surface area contributed by atoms with Crippen molar-refractivity contribution in [3.8, 4) is 11.5 Å². The van der Waals surface area contributed by atoms with E-state index in [1.165, 1.54) is 32.1 Å². The van der Waals surface area contributed by atoms with E-state index in [2.05, 4.69) is 6.92 Å². The number of hydrogen-bond acceptors (Lipinski definition) is 4. The molecule has 1 amide bonds. The normalized spacial score (nSPS) is 12.3. The Kier molecular flexibility index (Phi) is 7.82. The predicted molar refractivity (Wildman–Crippen MR) is 108 cm³/mol. The van der Waals surface area contributed by atoms with Crippen molar-refractivity contribution in [1.29, 1.82) is 0 Å². The third-order valence-electron chi connectivity index (χ3n) is 5.08. The van der Waals surface area contributed by atoms with Gasteiger partial charge in [0.25, 0.3) is 0 Å². The van der Waals surface area contributed by atoms with Crippen LogP contribution in [0.1, 0.15) is 69.6 Å². The molecule has 0 fully saturated rings. The number of furan rings is 1. The zero-order valence-electron chi connectivity index (χ0n) is 16.8. The zero-order chi connectivity index (χ0) is 19.6. The smallest absolute Gasteiger partial charge is 0.231 e. The molecule has 0 saturated heterocycles. The summed E-state index contributed by atoms with van der Waals surface area (Å²) in [4.78, 5) is 14.7. The fraction of sp³-hybridized carbons (Fsp3) is 0.522. The van der Waals surface area contributed by atoms with Crippen LogP contribution in [-0.2, 0) is 17.9 Å². The Morgan fingerprint density at radius 3 is 2.54 bits per heavy atom. The van der Waals surface area contributed by atoms with Gasteiger partial charge in [0.15, 0.2) is 11.5 Å². The number of hydrogen-bond donors (Lipinski definition) is 0. The summed E-state index contributed by atoms with van der Waals surface area (Å²) in [6.07, 6.45) is 10.7. The third kappa shape index (κ3) is 6.04. The Morgan fingerprint density at radius 2 is 1.75 bits per heavy atom. The average molecular weight is 386 g/mol. The molecule has 0 unspecified atom stereocenters. The summed E-state index contributed by atoms with van der Waals surface area (Å²) in [5.74, 6) is 2.47. The van der Waals surface area contributed by atoms with Crippen LogP contribution in [0.4, 0.5) is 0 Å². The summed E-state index contributed by atoms with van der Waals surface area (Å²) in [5.41, 5.74) is 1.03. The molecule has 0 spiro atoms. The second-order valence-corrected chi connectivity index (χ2v) is 7.39. The van der Waals surface area contributed by atoms with Crippen LogP contribution in [0.2, 0.25) is 0 Å². The number of unbranched alkanes of at least 4 members (excludes halogenated alkanes) is 6. The van der Waals surface area contributed by atoms with Crippen molar-refractivity contribution in [1.82, 2.24) is 4.90 Å². The largest absolute Gasteiger partial charge is 0.467 e. The van der Waals surface area contributed by atoms with Gasteiger partial charge in [0.1, 0.15) is 5.76 Å². The second-order valence-electron chi connectivity index (χ2n) is 7.39. The molecular formula is C23H31NO4. The van der Waals surface area contributed by atoms with Crippen LogP contribution >= 0.6 is 0 Å². The monoisotopic (exact) mass is 385 g/mol. The number of rotatable bonds is 12. The molecule has 1 aromatic carbocycles. The Bertz CT molecular complexity index is 726. The molecule has 28 heavy (non-hydrogen) atoms. The van der Waals surface area contributed by atoms with Gasteiger partial charge in [0.05, 0.1) is 12.8 Å². The van der Waals surface area contributed by atoms with Crippen molar-refractivity contribution in [2.24, 2.45) is 0 Å². The van der Waals surface area contributed by atoms with E-state index >= 15 is 0 Å². The summed E-state index contributed by atoms with van der Waals surface area (Å²) in [5, 5.41) is 0. The Balaban J connectivity index is 1.53. The molecule has 0 radical (unpaired) electrons. The van der Waals surface area contributed by atoms with Crippen LogP contribution in [0.25, 0.3) is 0 Å². The molecule has 3 rings (SSSR count). The Hall–Kier alpha value is -2.43. The highest BCUT2D eigenvalue weighted by Crippen LogP contribution is 2.33. The summed E-state index contributed by atoms with van der Waals surface area (Å²) in [6, 6.07) is 9.62. The highest BCUT2D eigenvalue weighted by molar-refractivity contribution is 5.76. The molecule has 2 heterocycles. The minimum Gasteiger partial charge on any atom is -0.467 e. The molecule has 1 aliphatic rings. The highest BCUT2D eigenvalue weighted by Gasteiger charge is 2.18. The molecular weight excluding hydrogens is 354 g/mol. The molecule has 2 aromatic rings. The molecule has 5 nitrogen and oxygen atoms in total. The van der Waals surface area contributed by atoms with Crippen LogP contribution in [0.3, 0.4) is 0 Å². The van der Waals surface area contributed by atoms with Crippen LogP contribution in [0.15, 0.2) is 41.0 Å². The molecule has 0 aliphatic carbocycles. The number of amides is 1. The molecule has 1 aliphatic heterocycles.